The van der Waals surface area contributed by atoms with Gasteiger partial charge in [-0.1, -0.05) is 30.3 Å². The van der Waals surface area contributed by atoms with Gasteiger partial charge in [0.1, 0.15) is 12.0 Å². The number of piperidine rings is 1. The van der Waals surface area contributed by atoms with Crippen molar-refractivity contribution in [3.8, 4) is 0 Å². The van der Waals surface area contributed by atoms with Crippen LogP contribution in [0.3, 0.4) is 0 Å². The van der Waals surface area contributed by atoms with Crippen molar-refractivity contribution in [2.75, 3.05) is 37.7 Å². The van der Waals surface area contributed by atoms with Gasteiger partial charge in [-0.2, -0.15) is 13.2 Å². The highest BCUT2D eigenvalue weighted by Gasteiger charge is 2.31. The van der Waals surface area contributed by atoms with Crippen molar-refractivity contribution in [2.24, 2.45) is 0 Å². The first-order chi connectivity index (χ1) is 18.3. The van der Waals surface area contributed by atoms with Crippen LogP contribution in [0.15, 0.2) is 60.8 Å². The van der Waals surface area contributed by atoms with Gasteiger partial charge in [0, 0.05) is 36.6 Å². The summed E-state index contributed by atoms with van der Waals surface area (Å²) in [6.07, 6.45) is -0.480. The minimum absolute atomic E-state index is 0.163. The first kappa shape index (κ1) is 26.6. The number of fused-ring (bicyclic) bond motifs is 1. The molecule has 3 N–H and O–H groups in total. The third kappa shape index (κ3) is 6.02. The zero-order chi connectivity index (χ0) is 26.7. The molecule has 38 heavy (non-hydrogen) atoms. The number of aliphatic hydroxyl groups excluding tert-OH is 2. The second-order valence-electron chi connectivity index (χ2n) is 10.1. The van der Waals surface area contributed by atoms with Crippen molar-refractivity contribution in [1.82, 2.24) is 15.2 Å². The standard InChI is InChI=1S/C29H33F3N4O2/c30-29(31,32)22-4-1-3-20(18-22)17-21-7-11-33-27(19-21)36-14-10-24-25(5-2-6-26(24)36)28(38)34-23-8-12-35(13-9-23)15-16-37/h1-7,11,18-19,23,28,34,37-38H,8-10,12-17H2. The van der Waals surface area contributed by atoms with Crippen LogP contribution in [0.4, 0.5) is 24.7 Å². The van der Waals surface area contributed by atoms with Crippen LogP contribution < -0.4 is 10.2 Å². The Morgan fingerprint density at radius 3 is 2.53 bits per heavy atom. The van der Waals surface area contributed by atoms with Crippen LogP contribution in [0, 0.1) is 0 Å². The van der Waals surface area contributed by atoms with E-state index in [9.17, 15) is 18.3 Å². The van der Waals surface area contributed by atoms with E-state index < -0.39 is 18.0 Å². The molecule has 0 aliphatic carbocycles. The van der Waals surface area contributed by atoms with E-state index in [0.29, 0.717) is 25.1 Å². The van der Waals surface area contributed by atoms with Gasteiger partial charge in [-0.15, -0.1) is 0 Å². The van der Waals surface area contributed by atoms with Crippen molar-refractivity contribution in [2.45, 2.75) is 44.1 Å². The number of rotatable bonds is 8. The molecule has 6 nitrogen and oxygen atoms in total. The molecule has 0 radical (unpaired) electrons. The second kappa shape index (κ2) is 11.4. The highest BCUT2D eigenvalue weighted by molar-refractivity contribution is 5.69. The maximum atomic E-state index is 13.1. The lowest BCUT2D eigenvalue weighted by Gasteiger charge is -2.33. The van der Waals surface area contributed by atoms with E-state index in [1.54, 1.807) is 12.3 Å². The number of aliphatic hydroxyl groups is 2. The largest absolute Gasteiger partial charge is 0.416 e. The van der Waals surface area contributed by atoms with E-state index in [0.717, 1.165) is 66.6 Å². The summed E-state index contributed by atoms with van der Waals surface area (Å²) in [5, 5.41) is 23.6. The van der Waals surface area contributed by atoms with Gasteiger partial charge in [0.25, 0.3) is 0 Å². The summed E-state index contributed by atoms with van der Waals surface area (Å²) in [6, 6.07) is 15.3. The predicted octanol–water partition coefficient (Wildman–Crippen LogP) is 4.42. The number of likely N-dealkylation sites (tertiary alicyclic amines) is 1. The molecule has 1 aromatic heterocycles. The Labute approximate surface area is 220 Å². The lowest BCUT2D eigenvalue weighted by atomic mass is 10.0. The molecular formula is C29H33F3N4O2. The SMILES string of the molecule is OCCN1CCC(NC(O)c2cccc3c2CCN3c2cc(Cc3cccc(C(F)(F)F)c3)ccn2)CC1. The van der Waals surface area contributed by atoms with Crippen molar-refractivity contribution < 1.29 is 23.4 Å². The summed E-state index contributed by atoms with van der Waals surface area (Å²) in [4.78, 5) is 8.89. The Hall–Kier alpha value is -2.98. The first-order valence-electron chi connectivity index (χ1n) is 13.1. The Bertz CT molecular complexity index is 1240. The molecule has 5 rings (SSSR count). The fourth-order valence-corrected chi connectivity index (χ4v) is 5.54. The monoisotopic (exact) mass is 526 g/mol. The number of alkyl halides is 3. The van der Waals surface area contributed by atoms with Gasteiger partial charge in [-0.05, 0) is 79.7 Å². The van der Waals surface area contributed by atoms with E-state index in [-0.39, 0.29) is 12.6 Å². The van der Waals surface area contributed by atoms with Gasteiger partial charge in [0.2, 0.25) is 0 Å². The number of aromatic nitrogens is 1. The van der Waals surface area contributed by atoms with Crippen LogP contribution in [0.2, 0.25) is 0 Å². The van der Waals surface area contributed by atoms with Gasteiger partial charge in [-0.3, -0.25) is 5.32 Å². The normalized spacial score (nSPS) is 17.6. The van der Waals surface area contributed by atoms with Crippen LogP contribution in [-0.2, 0) is 19.0 Å². The number of anilines is 2. The molecule has 9 heteroatoms. The van der Waals surface area contributed by atoms with Crippen LogP contribution >= 0.6 is 0 Å². The number of hydrogen-bond donors (Lipinski definition) is 3. The minimum Gasteiger partial charge on any atom is -0.395 e. The lowest BCUT2D eigenvalue weighted by molar-refractivity contribution is -0.137. The van der Waals surface area contributed by atoms with Crippen LogP contribution in [0.5, 0.6) is 0 Å². The smallest absolute Gasteiger partial charge is 0.395 e. The molecular weight excluding hydrogens is 493 g/mol. The fraction of sp³-hybridized carbons (Fsp3) is 0.414. The quantitative estimate of drug-likeness (QED) is 0.378. The number of halogens is 3. The molecule has 1 fully saturated rings. The maximum Gasteiger partial charge on any atom is 0.416 e. The molecule has 1 unspecified atom stereocenters. The van der Waals surface area contributed by atoms with E-state index in [4.69, 9.17) is 5.11 Å². The predicted molar refractivity (Wildman–Crippen MR) is 140 cm³/mol. The summed E-state index contributed by atoms with van der Waals surface area (Å²) < 4.78 is 39.4. The average Bonchev–Trinajstić information content (AvgIpc) is 3.34. The zero-order valence-electron chi connectivity index (χ0n) is 21.2. The Balaban J connectivity index is 1.29. The Morgan fingerprint density at radius 2 is 1.76 bits per heavy atom. The maximum absolute atomic E-state index is 13.1. The highest BCUT2D eigenvalue weighted by Crippen LogP contribution is 2.38. The first-order valence-corrected chi connectivity index (χ1v) is 13.1. The molecule has 1 atom stereocenters. The summed E-state index contributed by atoms with van der Waals surface area (Å²) in [7, 11) is 0. The molecule has 0 spiro atoms. The Morgan fingerprint density at radius 1 is 1.00 bits per heavy atom. The fourth-order valence-electron chi connectivity index (χ4n) is 5.54. The summed E-state index contributed by atoms with van der Waals surface area (Å²) in [5.41, 5.74) is 3.77. The van der Waals surface area contributed by atoms with Gasteiger partial charge >= 0.3 is 6.18 Å². The number of pyridine rings is 1. The second-order valence-corrected chi connectivity index (χ2v) is 10.1. The van der Waals surface area contributed by atoms with E-state index >= 15 is 0 Å². The molecule has 0 saturated carbocycles. The molecule has 2 aromatic carbocycles. The van der Waals surface area contributed by atoms with E-state index in [1.165, 1.54) is 12.1 Å². The van der Waals surface area contributed by atoms with Gasteiger partial charge < -0.3 is 20.0 Å². The molecule has 2 aliphatic heterocycles. The van der Waals surface area contributed by atoms with Crippen LogP contribution in [0.25, 0.3) is 0 Å². The van der Waals surface area contributed by atoms with Crippen LogP contribution in [0.1, 0.15) is 46.9 Å². The number of benzene rings is 2. The molecule has 0 amide bonds. The molecule has 3 aromatic rings. The van der Waals surface area contributed by atoms with Gasteiger partial charge in [0.05, 0.1) is 12.2 Å². The summed E-state index contributed by atoms with van der Waals surface area (Å²) in [6.45, 7) is 3.35. The van der Waals surface area contributed by atoms with Crippen molar-refractivity contribution in [3.63, 3.8) is 0 Å². The van der Waals surface area contributed by atoms with Crippen molar-refractivity contribution >= 4 is 11.5 Å². The summed E-state index contributed by atoms with van der Waals surface area (Å²) in [5.74, 6) is 0.740. The van der Waals surface area contributed by atoms with Gasteiger partial charge in [0.15, 0.2) is 0 Å². The van der Waals surface area contributed by atoms with E-state index in [2.05, 4.69) is 20.1 Å². The van der Waals surface area contributed by atoms with Gasteiger partial charge in [-0.25, -0.2) is 4.98 Å². The van der Waals surface area contributed by atoms with Crippen molar-refractivity contribution in [3.05, 3.63) is 88.6 Å². The number of hydrogen-bond acceptors (Lipinski definition) is 6. The third-order valence-corrected chi connectivity index (χ3v) is 7.50. The number of β-amino-alcohol motifs (C(OH)–C–C–N with tert-alkyl or cyclic N) is 1. The Kier molecular flexibility index (Phi) is 7.99. The van der Waals surface area contributed by atoms with Crippen molar-refractivity contribution in [1.29, 1.82) is 0 Å². The average molecular weight is 527 g/mol. The topological polar surface area (TPSA) is 71.9 Å². The lowest BCUT2D eigenvalue weighted by Crippen LogP contribution is -2.44. The van der Waals surface area contributed by atoms with Crippen LogP contribution in [-0.4, -0.2) is 58.9 Å². The molecule has 2 aliphatic rings. The van der Waals surface area contributed by atoms with E-state index in [1.807, 2.05) is 30.3 Å². The molecule has 1 saturated heterocycles. The number of nitrogens with zero attached hydrogens (tertiary/aromatic N) is 3. The zero-order valence-corrected chi connectivity index (χ0v) is 21.2. The molecule has 0 bridgehead atoms. The molecule has 202 valence electrons. The summed E-state index contributed by atoms with van der Waals surface area (Å²) >= 11 is 0. The molecule has 3 heterocycles. The minimum atomic E-state index is -4.37. The highest BCUT2D eigenvalue weighted by atomic mass is 19.4. The number of nitrogens with one attached hydrogen (secondary N) is 1. The third-order valence-electron chi connectivity index (χ3n) is 7.50.